The zero-order valence-electron chi connectivity index (χ0n) is 18.0. The van der Waals surface area contributed by atoms with Crippen LogP contribution in [0.1, 0.15) is 43.5 Å². The summed E-state index contributed by atoms with van der Waals surface area (Å²) < 4.78 is 34.7. The fourth-order valence-electron chi connectivity index (χ4n) is 4.21. The van der Waals surface area contributed by atoms with Gasteiger partial charge in [-0.2, -0.15) is 0 Å². The number of nitrogens with zero attached hydrogens (tertiary/aromatic N) is 4. The Morgan fingerprint density at radius 3 is 2.81 bits per heavy atom. The number of fused-ring (bicyclic) bond motifs is 1. The van der Waals surface area contributed by atoms with Gasteiger partial charge >= 0.3 is 0 Å². The summed E-state index contributed by atoms with van der Waals surface area (Å²) in [6.45, 7) is 7.63. The molecule has 1 fully saturated rings. The summed E-state index contributed by atoms with van der Waals surface area (Å²) in [7, 11) is 0. The highest BCUT2D eigenvalue weighted by atomic mass is 19.1. The fraction of sp³-hybridized carbons (Fsp3) is 0.591. The molecule has 2 aliphatic rings. The highest BCUT2D eigenvalue weighted by Gasteiger charge is 2.31. The van der Waals surface area contributed by atoms with Crippen LogP contribution in [0.5, 0.6) is 0 Å². The van der Waals surface area contributed by atoms with E-state index in [0.717, 1.165) is 24.1 Å². The third-order valence-corrected chi connectivity index (χ3v) is 6.10. The molecule has 4 rings (SSSR count). The lowest BCUT2D eigenvalue weighted by Crippen LogP contribution is -2.38. The quantitative estimate of drug-likeness (QED) is 0.758. The summed E-state index contributed by atoms with van der Waals surface area (Å²) in [5.74, 6) is 0.548. The summed E-state index contributed by atoms with van der Waals surface area (Å²) in [5.41, 5.74) is 0.477. The Morgan fingerprint density at radius 2 is 2.10 bits per heavy atom. The minimum absolute atomic E-state index is 0.00409. The van der Waals surface area contributed by atoms with Crippen molar-refractivity contribution in [3.63, 3.8) is 0 Å². The molecule has 1 aromatic heterocycles. The second kappa shape index (κ2) is 9.40. The van der Waals surface area contributed by atoms with E-state index in [2.05, 4.69) is 38.8 Å². The van der Waals surface area contributed by atoms with Crippen molar-refractivity contribution in [3.8, 4) is 0 Å². The molecule has 0 bridgehead atoms. The molecule has 0 saturated carbocycles. The molecule has 168 valence electrons. The van der Waals surface area contributed by atoms with E-state index in [0.29, 0.717) is 51.4 Å². The second-order valence-corrected chi connectivity index (χ2v) is 8.68. The van der Waals surface area contributed by atoms with Crippen LogP contribution >= 0.6 is 0 Å². The molecule has 9 heteroatoms. The van der Waals surface area contributed by atoms with Crippen LogP contribution < -0.4 is 5.32 Å². The Bertz CT molecular complexity index is 927. The average molecular weight is 434 g/mol. The number of carbonyl (C=O) groups excluding carboxylic acids is 1. The maximum absolute atomic E-state index is 14.1. The molecule has 0 spiro atoms. The number of halogens is 2. The first kappa shape index (κ1) is 21.8. The monoisotopic (exact) mass is 433 g/mol. The van der Waals surface area contributed by atoms with Crippen LogP contribution in [0.3, 0.4) is 0 Å². The third-order valence-electron chi connectivity index (χ3n) is 6.10. The number of benzene rings is 1. The van der Waals surface area contributed by atoms with Gasteiger partial charge in [0.2, 0.25) is 5.91 Å². The van der Waals surface area contributed by atoms with Gasteiger partial charge in [0.05, 0.1) is 18.6 Å². The van der Waals surface area contributed by atoms with Gasteiger partial charge in [-0.25, -0.2) is 8.78 Å². The van der Waals surface area contributed by atoms with E-state index in [-0.39, 0.29) is 23.8 Å². The molecule has 2 atom stereocenters. The Labute approximate surface area is 180 Å². The van der Waals surface area contributed by atoms with E-state index in [1.165, 1.54) is 12.1 Å². The molecule has 7 nitrogen and oxygen atoms in total. The molecular formula is C22H29F2N5O2. The molecular weight excluding hydrogens is 404 g/mol. The van der Waals surface area contributed by atoms with E-state index >= 15 is 0 Å². The molecule has 1 saturated heterocycles. The van der Waals surface area contributed by atoms with Gasteiger partial charge in [0.15, 0.2) is 5.82 Å². The van der Waals surface area contributed by atoms with Gasteiger partial charge in [-0.05, 0) is 18.4 Å². The Morgan fingerprint density at radius 1 is 1.26 bits per heavy atom. The van der Waals surface area contributed by atoms with Crippen molar-refractivity contribution in [1.82, 2.24) is 25.0 Å². The summed E-state index contributed by atoms with van der Waals surface area (Å²) in [4.78, 5) is 14.8. The number of ether oxygens (including phenoxy) is 1. The van der Waals surface area contributed by atoms with Crippen LogP contribution in [0.15, 0.2) is 18.2 Å². The molecule has 0 unspecified atom stereocenters. The number of carbonyl (C=O) groups is 1. The Hall–Kier alpha value is -2.39. The van der Waals surface area contributed by atoms with Gasteiger partial charge in [0, 0.05) is 50.8 Å². The first-order chi connectivity index (χ1) is 14.9. The first-order valence-electron chi connectivity index (χ1n) is 10.9. The average Bonchev–Trinajstić information content (AvgIpc) is 3.36. The van der Waals surface area contributed by atoms with Gasteiger partial charge in [-0.15, -0.1) is 10.2 Å². The minimum Gasteiger partial charge on any atom is -0.381 e. The van der Waals surface area contributed by atoms with Crippen molar-refractivity contribution in [3.05, 3.63) is 47.0 Å². The summed E-state index contributed by atoms with van der Waals surface area (Å²) in [6, 6.07) is 3.47. The molecule has 2 aromatic rings. The molecule has 2 aliphatic heterocycles. The summed E-state index contributed by atoms with van der Waals surface area (Å²) in [6.07, 6.45) is 1.41. The van der Waals surface area contributed by atoms with E-state index < -0.39 is 11.6 Å². The zero-order chi connectivity index (χ0) is 22.0. The van der Waals surface area contributed by atoms with Gasteiger partial charge < -0.3 is 14.6 Å². The van der Waals surface area contributed by atoms with E-state index in [9.17, 15) is 13.6 Å². The van der Waals surface area contributed by atoms with Crippen molar-refractivity contribution in [2.45, 2.75) is 45.8 Å². The Balaban J connectivity index is 1.46. The van der Waals surface area contributed by atoms with Crippen LogP contribution in [-0.4, -0.2) is 51.9 Å². The van der Waals surface area contributed by atoms with Crippen LogP contribution in [-0.2, 0) is 29.0 Å². The number of aromatic nitrogens is 3. The van der Waals surface area contributed by atoms with Crippen molar-refractivity contribution in [2.24, 2.45) is 11.8 Å². The van der Waals surface area contributed by atoms with Crippen LogP contribution in [0.2, 0.25) is 0 Å². The number of hydrogen-bond acceptors (Lipinski definition) is 5. The largest absolute Gasteiger partial charge is 0.381 e. The molecule has 3 heterocycles. The number of nitrogens with one attached hydrogen (secondary N) is 1. The lowest BCUT2D eigenvalue weighted by atomic mass is 10.0. The molecule has 0 radical (unpaired) electrons. The maximum Gasteiger partial charge on any atom is 0.226 e. The molecule has 0 aliphatic carbocycles. The Kier molecular flexibility index (Phi) is 6.62. The summed E-state index contributed by atoms with van der Waals surface area (Å²) in [5, 5.41) is 12.0. The zero-order valence-corrected chi connectivity index (χ0v) is 18.0. The lowest BCUT2D eigenvalue weighted by molar-refractivity contribution is -0.126. The maximum atomic E-state index is 14.1. The van der Waals surface area contributed by atoms with Crippen LogP contribution in [0.4, 0.5) is 8.78 Å². The normalized spacial score (nSPS) is 20.5. The molecule has 1 aromatic carbocycles. The third kappa shape index (κ3) is 4.93. The fourth-order valence-corrected chi connectivity index (χ4v) is 4.21. The van der Waals surface area contributed by atoms with Crippen molar-refractivity contribution >= 4 is 5.91 Å². The second-order valence-electron chi connectivity index (χ2n) is 8.68. The van der Waals surface area contributed by atoms with E-state index in [1.54, 1.807) is 0 Å². The van der Waals surface area contributed by atoms with E-state index in [4.69, 9.17) is 4.74 Å². The van der Waals surface area contributed by atoms with Crippen molar-refractivity contribution in [2.75, 3.05) is 26.3 Å². The molecule has 31 heavy (non-hydrogen) atoms. The summed E-state index contributed by atoms with van der Waals surface area (Å²) >= 11 is 0. The lowest BCUT2D eigenvalue weighted by Gasteiger charge is -2.24. The van der Waals surface area contributed by atoms with Crippen molar-refractivity contribution < 1.29 is 18.3 Å². The minimum atomic E-state index is -0.570. The SMILES string of the molecule is CC(C)[C@@H](NC(=O)[C@@H]1CCOC1)c1nnc2n1CCN(Cc1ccc(F)cc1F)CC2. The predicted octanol–water partition coefficient (Wildman–Crippen LogP) is 2.46. The van der Waals surface area contributed by atoms with Gasteiger partial charge in [-0.3, -0.25) is 9.69 Å². The molecule has 1 amide bonds. The number of amides is 1. The number of rotatable bonds is 6. The standard InChI is InChI=1S/C22H29F2N5O2/c1-14(2)20(25-22(30)16-6-10-31-13-16)21-27-26-19-5-7-28(8-9-29(19)21)12-15-3-4-17(23)11-18(15)24/h3-4,11,14,16,20H,5-10,12-13H2,1-2H3,(H,25,30)/t16-,20-/m1/s1. The molecule has 1 N–H and O–H groups in total. The number of hydrogen-bond donors (Lipinski definition) is 1. The predicted molar refractivity (Wildman–Crippen MR) is 110 cm³/mol. The van der Waals surface area contributed by atoms with E-state index in [1.807, 2.05) is 0 Å². The van der Waals surface area contributed by atoms with Gasteiger partial charge in [0.1, 0.15) is 17.5 Å². The smallest absolute Gasteiger partial charge is 0.226 e. The highest BCUT2D eigenvalue weighted by molar-refractivity contribution is 5.79. The van der Waals surface area contributed by atoms with Crippen LogP contribution in [0, 0.1) is 23.5 Å². The van der Waals surface area contributed by atoms with Gasteiger partial charge in [-0.1, -0.05) is 19.9 Å². The first-order valence-corrected chi connectivity index (χ1v) is 10.9. The van der Waals surface area contributed by atoms with Crippen LogP contribution in [0.25, 0.3) is 0 Å². The van der Waals surface area contributed by atoms with Gasteiger partial charge in [0.25, 0.3) is 0 Å². The van der Waals surface area contributed by atoms with Crippen molar-refractivity contribution in [1.29, 1.82) is 0 Å². The highest BCUT2D eigenvalue weighted by Crippen LogP contribution is 2.24. The topological polar surface area (TPSA) is 72.3 Å².